The number of aromatic nitrogens is 1. The Hall–Kier alpha value is -5.87. The Balaban J connectivity index is 1.26. The zero-order valence-electron chi connectivity index (χ0n) is 24.5. The zero-order valence-corrected chi connectivity index (χ0v) is 24.5. The maximum absolute atomic E-state index is 6.26. The van der Waals surface area contributed by atoms with E-state index in [0.717, 1.165) is 38.8 Å². The van der Waals surface area contributed by atoms with E-state index in [-0.39, 0.29) is 12.0 Å². The minimum absolute atomic E-state index is 0.203. The summed E-state index contributed by atoms with van der Waals surface area (Å²) in [6.45, 7) is 0. The standard InChI is InChI=1S/C41H29N3O/c1-4-13-29(14-5-1)41-42-40-34-27-32(25-23-28(34)24-26-38(40)45-41)43(30-15-6-2-7-16-30)36-21-12-22-37-39(36)33-19-10-11-20-35(33)44(37)31-17-8-3-9-18-31/h1-27,33,35H. The molecule has 0 bridgehead atoms. The summed E-state index contributed by atoms with van der Waals surface area (Å²) in [6.07, 6.45) is 9.04. The Bertz CT molecular complexity index is 2240. The minimum atomic E-state index is 0.203. The molecule has 7 aromatic rings. The summed E-state index contributed by atoms with van der Waals surface area (Å²) in [5.74, 6) is 0.845. The zero-order chi connectivity index (χ0) is 29.7. The lowest BCUT2D eigenvalue weighted by molar-refractivity contribution is 0.620. The maximum Gasteiger partial charge on any atom is 0.227 e. The van der Waals surface area contributed by atoms with Gasteiger partial charge in [0.25, 0.3) is 0 Å². The lowest BCUT2D eigenvalue weighted by Gasteiger charge is -2.29. The van der Waals surface area contributed by atoms with E-state index in [1.54, 1.807) is 0 Å². The Morgan fingerprint density at radius 2 is 1.38 bits per heavy atom. The van der Waals surface area contributed by atoms with Crippen LogP contribution in [-0.4, -0.2) is 11.0 Å². The van der Waals surface area contributed by atoms with Gasteiger partial charge in [0.2, 0.25) is 5.89 Å². The van der Waals surface area contributed by atoms with Crippen LogP contribution in [0.4, 0.5) is 28.4 Å². The normalized spacial score (nSPS) is 16.7. The van der Waals surface area contributed by atoms with Crippen molar-refractivity contribution in [3.63, 3.8) is 0 Å². The number of fused-ring (bicyclic) bond motifs is 6. The molecule has 9 rings (SSSR count). The summed E-state index contributed by atoms with van der Waals surface area (Å²) in [6, 6.07) is 49.2. The van der Waals surface area contributed by atoms with Gasteiger partial charge in [-0.3, -0.25) is 0 Å². The number of oxazole rings is 1. The molecule has 2 heterocycles. The van der Waals surface area contributed by atoms with Crippen LogP contribution in [0.3, 0.4) is 0 Å². The summed E-state index contributed by atoms with van der Waals surface area (Å²) in [7, 11) is 0. The molecule has 0 amide bonds. The lowest BCUT2D eigenvalue weighted by Crippen LogP contribution is -2.28. The SMILES string of the molecule is C1=CC2c3c(N(c4ccccc4)c4ccc5ccc6oc(-c7ccccc7)nc6c5c4)cccc3N(c3ccccc3)C2C=C1. The summed E-state index contributed by atoms with van der Waals surface area (Å²) >= 11 is 0. The molecule has 1 aliphatic carbocycles. The molecule has 4 heteroatoms. The fourth-order valence-corrected chi connectivity index (χ4v) is 7.00. The summed E-state index contributed by atoms with van der Waals surface area (Å²) in [4.78, 5) is 9.88. The molecule has 0 saturated carbocycles. The summed E-state index contributed by atoms with van der Waals surface area (Å²) in [5, 5.41) is 2.19. The van der Waals surface area contributed by atoms with E-state index in [1.165, 1.54) is 22.6 Å². The van der Waals surface area contributed by atoms with Gasteiger partial charge in [-0.15, -0.1) is 0 Å². The number of benzene rings is 6. The second-order valence-corrected chi connectivity index (χ2v) is 11.6. The Labute approximate surface area is 261 Å². The van der Waals surface area contributed by atoms with Crippen molar-refractivity contribution >= 4 is 50.3 Å². The number of hydrogen-bond donors (Lipinski definition) is 0. The van der Waals surface area contributed by atoms with Crippen molar-refractivity contribution in [2.75, 3.05) is 9.80 Å². The van der Waals surface area contributed by atoms with Crippen molar-refractivity contribution < 1.29 is 4.42 Å². The molecule has 0 N–H and O–H groups in total. The van der Waals surface area contributed by atoms with Crippen molar-refractivity contribution in [1.29, 1.82) is 0 Å². The van der Waals surface area contributed by atoms with Gasteiger partial charge in [-0.25, -0.2) is 4.98 Å². The molecule has 6 aromatic carbocycles. The molecular weight excluding hydrogens is 550 g/mol. The first kappa shape index (κ1) is 25.6. The molecule has 2 atom stereocenters. The van der Waals surface area contributed by atoms with Gasteiger partial charge < -0.3 is 14.2 Å². The number of rotatable bonds is 5. The van der Waals surface area contributed by atoms with Crippen molar-refractivity contribution in [2.45, 2.75) is 12.0 Å². The van der Waals surface area contributed by atoms with E-state index in [1.807, 2.05) is 36.4 Å². The van der Waals surface area contributed by atoms with Gasteiger partial charge >= 0.3 is 0 Å². The first-order chi connectivity index (χ1) is 22.3. The van der Waals surface area contributed by atoms with Crippen LogP contribution in [0.25, 0.3) is 33.3 Å². The molecule has 45 heavy (non-hydrogen) atoms. The number of para-hydroxylation sites is 2. The third-order valence-electron chi connectivity index (χ3n) is 8.99. The third kappa shape index (κ3) is 4.18. The molecule has 0 radical (unpaired) electrons. The van der Waals surface area contributed by atoms with E-state index in [0.29, 0.717) is 5.89 Å². The highest BCUT2D eigenvalue weighted by Crippen LogP contribution is 2.53. The van der Waals surface area contributed by atoms with Crippen molar-refractivity contribution in [3.8, 4) is 11.5 Å². The first-order valence-corrected chi connectivity index (χ1v) is 15.4. The molecule has 214 valence electrons. The molecule has 4 nitrogen and oxygen atoms in total. The fourth-order valence-electron chi connectivity index (χ4n) is 7.00. The van der Waals surface area contributed by atoms with Crippen LogP contribution in [0.1, 0.15) is 11.5 Å². The number of allylic oxidation sites excluding steroid dienone is 2. The summed E-state index contributed by atoms with van der Waals surface area (Å²) < 4.78 is 6.26. The number of anilines is 5. The Morgan fingerprint density at radius 3 is 2.20 bits per heavy atom. The van der Waals surface area contributed by atoms with E-state index in [9.17, 15) is 0 Å². The van der Waals surface area contributed by atoms with Crippen LogP contribution >= 0.6 is 0 Å². The molecule has 1 aliphatic heterocycles. The first-order valence-electron chi connectivity index (χ1n) is 15.4. The number of nitrogens with zero attached hydrogens (tertiary/aromatic N) is 3. The van der Waals surface area contributed by atoms with Gasteiger partial charge in [-0.05, 0) is 72.1 Å². The molecule has 1 aromatic heterocycles. The lowest BCUT2D eigenvalue weighted by atomic mass is 9.89. The molecule has 0 spiro atoms. The maximum atomic E-state index is 6.26. The van der Waals surface area contributed by atoms with E-state index in [2.05, 4.69) is 137 Å². The van der Waals surface area contributed by atoms with E-state index >= 15 is 0 Å². The van der Waals surface area contributed by atoms with Gasteiger partial charge in [0, 0.05) is 45.2 Å². The van der Waals surface area contributed by atoms with Gasteiger partial charge in [0.1, 0.15) is 5.52 Å². The molecule has 0 fully saturated rings. The molecular formula is C41H29N3O. The molecule has 2 unspecified atom stereocenters. The smallest absolute Gasteiger partial charge is 0.227 e. The van der Waals surface area contributed by atoms with Crippen molar-refractivity contribution in [2.24, 2.45) is 0 Å². The van der Waals surface area contributed by atoms with Gasteiger partial charge in [-0.2, -0.15) is 0 Å². The second kappa shape index (κ2) is 10.4. The Morgan fingerprint density at radius 1 is 0.644 bits per heavy atom. The number of hydrogen-bond acceptors (Lipinski definition) is 4. The van der Waals surface area contributed by atoms with Crippen LogP contribution in [0.2, 0.25) is 0 Å². The van der Waals surface area contributed by atoms with Gasteiger partial charge in [0.15, 0.2) is 5.58 Å². The highest BCUT2D eigenvalue weighted by molar-refractivity contribution is 6.06. The molecule has 0 saturated heterocycles. The molecule has 2 aliphatic rings. The van der Waals surface area contributed by atoms with Gasteiger partial charge in [0.05, 0.1) is 11.7 Å². The van der Waals surface area contributed by atoms with Crippen molar-refractivity contribution in [3.05, 3.63) is 169 Å². The Kier molecular flexibility index (Phi) is 5.91. The predicted molar refractivity (Wildman–Crippen MR) is 185 cm³/mol. The average molecular weight is 580 g/mol. The predicted octanol–water partition coefficient (Wildman–Crippen LogP) is 10.8. The van der Waals surface area contributed by atoms with Crippen LogP contribution in [-0.2, 0) is 0 Å². The monoisotopic (exact) mass is 579 g/mol. The van der Waals surface area contributed by atoms with Crippen LogP contribution < -0.4 is 9.80 Å². The highest BCUT2D eigenvalue weighted by atomic mass is 16.3. The highest BCUT2D eigenvalue weighted by Gasteiger charge is 2.40. The van der Waals surface area contributed by atoms with Crippen LogP contribution in [0.5, 0.6) is 0 Å². The largest absolute Gasteiger partial charge is 0.436 e. The van der Waals surface area contributed by atoms with E-state index in [4.69, 9.17) is 9.40 Å². The quantitative estimate of drug-likeness (QED) is 0.203. The fraction of sp³-hybridized carbons (Fsp3) is 0.0488. The van der Waals surface area contributed by atoms with Gasteiger partial charge in [-0.1, -0.05) is 97.1 Å². The minimum Gasteiger partial charge on any atom is -0.436 e. The topological polar surface area (TPSA) is 32.5 Å². The third-order valence-corrected chi connectivity index (χ3v) is 8.99. The second-order valence-electron chi connectivity index (χ2n) is 11.6. The van der Waals surface area contributed by atoms with Crippen LogP contribution in [0, 0.1) is 0 Å². The van der Waals surface area contributed by atoms with E-state index < -0.39 is 0 Å². The van der Waals surface area contributed by atoms with Crippen LogP contribution in [0.15, 0.2) is 168 Å². The average Bonchev–Trinajstić information content (AvgIpc) is 3.70. The summed E-state index contributed by atoms with van der Waals surface area (Å²) in [5.41, 5.74) is 9.72. The van der Waals surface area contributed by atoms with Crippen molar-refractivity contribution in [1.82, 2.24) is 4.98 Å².